The number of amides is 1. The first-order chi connectivity index (χ1) is 17.1. The quantitative estimate of drug-likeness (QED) is 0.375. The molecule has 3 aromatic heterocycles. The maximum Gasteiger partial charge on any atom is 0.255 e. The zero-order chi connectivity index (χ0) is 24.4. The van der Waals surface area contributed by atoms with Crippen molar-refractivity contribution in [3.8, 4) is 11.4 Å². The van der Waals surface area contributed by atoms with Gasteiger partial charge in [-0.2, -0.15) is 4.98 Å². The van der Waals surface area contributed by atoms with Crippen LogP contribution in [0.15, 0.2) is 77.6 Å². The molecule has 35 heavy (non-hydrogen) atoms. The number of anilines is 3. The van der Waals surface area contributed by atoms with E-state index in [2.05, 4.69) is 46.5 Å². The summed E-state index contributed by atoms with van der Waals surface area (Å²) in [5.41, 5.74) is 4.07. The molecule has 8 nitrogen and oxygen atoms in total. The van der Waals surface area contributed by atoms with Gasteiger partial charge < -0.3 is 15.5 Å². The van der Waals surface area contributed by atoms with Crippen LogP contribution in [-0.4, -0.2) is 38.7 Å². The van der Waals surface area contributed by atoms with E-state index in [0.29, 0.717) is 23.0 Å². The molecule has 1 atom stereocenters. The number of fused-ring (bicyclic) bond motifs is 1. The lowest BCUT2D eigenvalue weighted by molar-refractivity contribution is -0.113. The largest absolute Gasteiger partial charge is 0.372 e. The molecule has 0 spiro atoms. The summed E-state index contributed by atoms with van der Waals surface area (Å²) in [6.45, 7) is 8.10. The minimum atomic E-state index is -0.390. The van der Waals surface area contributed by atoms with Crippen molar-refractivity contribution >= 4 is 34.6 Å². The molecule has 0 saturated heterocycles. The first-order valence-corrected chi connectivity index (χ1v) is 12.5. The number of hydrogen-bond donors (Lipinski definition) is 2. The molecule has 4 aromatic rings. The molecule has 1 aromatic carbocycles. The normalized spacial score (nSPS) is 14.9. The van der Waals surface area contributed by atoms with Gasteiger partial charge in [0.25, 0.3) is 5.91 Å². The second kappa shape index (κ2) is 9.71. The van der Waals surface area contributed by atoms with Gasteiger partial charge in [-0.25, -0.2) is 4.68 Å². The van der Waals surface area contributed by atoms with Crippen molar-refractivity contribution in [3.63, 3.8) is 0 Å². The topological polar surface area (TPSA) is 88.0 Å². The number of benzene rings is 1. The molecule has 9 heteroatoms. The molecule has 1 aliphatic heterocycles. The van der Waals surface area contributed by atoms with Gasteiger partial charge in [-0.3, -0.25) is 9.78 Å². The van der Waals surface area contributed by atoms with Crippen molar-refractivity contribution < 1.29 is 4.79 Å². The Labute approximate surface area is 208 Å². The van der Waals surface area contributed by atoms with Crippen LogP contribution in [0.3, 0.4) is 0 Å². The number of allylic oxidation sites excluding steroid dienone is 1. The Morgan fingerprint density at radius 3 is 2.60 bits per heavy atom. The molecule has 1 amide bonds. The van der Waals surface area contributed by atoms with Crippen LogP contribution < -0.4 is 15.5 Å². The second-order valence-corrected chi connectivity index (χ2v) is 9.18. The van der Waals surface area contributed by atoms with Gasteiger partial charge in [0.2, 0.25) is 5.95 Å². The van der Waals surface area contributed by atoms with Crippen LogP contribution in [0.5, 0.6) is 0 Å². The van der Waals surface area contributed by atoms with E-state index in [0.717, 1.165) is 29.2 Å². The van der Waals surface area contributed by atoms with E-state index in [4.69, 9.17) is 10.1 Å². The van der Waals surface area contributed by atoms with Crippen molar-refractivity contribution in [2.75, 3.05) is 28.6 Å². The van der Waals surface area contributed by atoms with E-state index in [1.54, 1.807) is 29.8 Å². The van der Waals surface area contributed by atoms with Gasteiger partial charge in [0, 0.05) is 41.1 Å². The number of nitrogens with one attached hydrogen (secondary N) is 2. The summed E-state index contributed by atoms with van der Waals surface area (Å²) in [6, 6.07) is 15.5. The Balaban J connectivity index is 1.51. The van der Waals surface area contributed by atoms with Gasteiger partial charge in [0.15, 0.2) is 5.82 Å². The highest BCUT2D eigenvalue weighted by Crippen LogP contribution is 2.38. The SMILES string of the molecule is CCN(CC)c1ccc(-c2nc3n(n2)C(c2cccs2)C(C(=O)Nc2cccnc2)=C(C)N3)cc1. The molecule has 0 saturated carbocycles. The molecule has 5 rings (SSSR count). The van der Waals surface area contributed by atoms with E-state index in [1.165, 1.54) is 5.69 Å². The third-order valence-corrected chi connectivity index (χ3v) is 7.01. The molecule has 178 valence electrons. The maximum absolute atomic E-state index is 13.4. The van der Waals surface area contributed by atoms with Crippen molar-refractivity contribution in [3.05, 3.63) is 82.5 Å². The Bertz CT molecular complexity index is 1340. The van der Waals surface area contributed by atoms with Crippen LogP contribution in [0.4, 0.5) is 17.3 Å². The molecule has 2 N–H and O–H groups in total. The monoisotopic (exact) mass is 485 g/mol. The fraction of sp³-hybridized carbons (Fsp3) is 0.231. The van der Waals surface area contributed by atoms with E-state index >= 15 is 0 Å². The molecular formula is C26H27N7OS. The zero-order valence-electron chi connectivity index (χ0n) is 19.9. The highest BCUT2D eigenvalue weighted by Gasteiger charge is 2.35. The van der Waals surface area contributed by atoms with E-state index < -0.39 is 0 Å². The molecule has 0 fully saturated rings. The summed E-state index contributed by atoms with van der Waals surface area (Å²) in [4.78, 5) is 25.6. The van der Waals surface area contributed by atoms with Gasteiger partial charge in [-0.1, -0.05) is 6.07 Å². The molecule has 1 unspecified atom stereocenters. The second-order valence-electron chi connectivity index (χ2n) is 8.20. The lowest BCUT2D eigenvalue weighted by atomic mass is 10.0. The standard InChI is InChI=1S/C26H27N7OS/c1-4-32(5-2)20-12-10-18(11-13-20)24-30-26-28-17(3)22(25(34)29-19-8-6-14-27-16-19)23(33(26)31-24)21-9-7-15-35-21/h6-16,23H,4-5H2,1-3H3,(H,29,34)(H,28,30,31). The minimum Gasteiger partial charge on any atom is -0.372 e. The Hall–Kier alpha value is -3.98. The minimum absolute atomic E-state index is 0.201. The highest BCUT2D eigenvalue weighted by molar-refractivity contribution is 7.10. The third-order valence-electron chi connectivity index (χ3n) is 6.08. The molecule has 0 bridgehead atoms. The number of aromatic nitrogens is 4. The third kappa shape index (κ3) is 4.42. The summed E-state index contributed by atoms with van der Waals surface area (Å²) < 4.78 is 1.81. The Morgan fingerprint density at radius 1 is 1.14 bits per heavy atom. The van der Waals surface area contributed by atoms with Gasteiger partial charge in [-0.15, -0.1) is 16.4 Å². The Morgan fingerprint density at radius 2 is 1.94 bits per heavy atom. The van der Waals surface area contributed by atoms with Crippen molar-refractivity contribution in [1.29, 1.82) is 0 Å². The van der Waals surface area contributed by atoms with Crippen molar-refractivity contribution in [2.45, 2.75) is 26.8 Å². The van der Waals surface area contributed by atoms with Gasteiger partial charge >= 0.3 is 0 Å². The average molecular weight is 486 g/mol. The molecule has 0 aliphatic carbocycles. The molecular weight excluding hydrogens is 458 g/mol. The van der Waals surface area contributed by atoms with E-state index in [1.807, 2.05) is 47.3 Å². The average Bonchev–Trinajstić information content (AvgIpc) is 3.55. The van der Waals surface area contributed by atoms with Crippen LogP contribution in [0.2, 0.25) is 0 Å². The predicted octanol–water partition coefficient (Wildman–Crippen LogP) is 5.18. The van der Waals surface area contributed by atoms with Gasteiger partial charge in [0.05, 0.1) is 17.5 Å². The first-order valence-electron chi connectivity index (χ1n) is 11.6. The first kappa shape index (κ1) is 22.8. The number of pyridine rings is 1. The van der Waals surface area contributed by atoms with Crippen LogP contribution in [0.25, 0.3) is 11.4 Å². The Kier molecular flexibility index (Phi) is 6.33. The maximum atomic E-state index is 13.4. The van der Waals surface area contributed by atoms with Crippen molar-refractivity contribution in [1.82, 2.24) is 19.7 Å². The van der Waals surface area contributed by atoms with Gasteiger partial charge in [-0.05, 0) is 68.6 Å². The summed E-state index contributed by atoms with van der Waals surface area (Å²) >= 11 is 1.59. The zero-order valence-corrected chi connectivity index (χ0v) is 20.7. The van der Waals surface area contributed by atoms with E-state index in [9.17, 15) is 4.79 Å². The number of hydrogen-bond acceptors (Lipinski definition) is 7. The number of carbonyl (C=O) groups excluding carboxylic acids is 1. The molecule has 0 radical (unpaired) electrons. The smallest absolute Gasteiger partial charge is 0.255 e. The lowest BCUT2D eigenvalue weighted by Gasteiger charge is -2.27. The van der Waals surface area contributed by atoms with Crippen LogP contribution >= 0.6 is 11.3 Å². The van der Waals surface area contributed by atoms with Gasteiger partial charge in [0.1, 0.15) is 6.04 Å². The number of carbonyl (C=O) groups is 1. The number of rotatable bonds is 7. The fourth-order valence-electron chi connectivity index (χ4n) is 4.32. The molecule has 1 aliphatic rings. The summed E-state index contributed by atoms with van der Waals surface area (Å²) in [6.07, 6.45) is 3.31. The fourth-order valence-corrected chi connectivity index (χ4v) is 5.14. The van der Waals surface area contributed by atoms with E-state index in [-0.39, 0.29) is 11.9 Å². The number of thiophene rings is 1. The predicted molar refractivity (Wildman–Crippen MR) is 141 cm³/mol. The highest BCUT2D eigenvalue weighted by atomic mass is 32.1. The summed E-state index contributed by atoms with van der Waals surface area (Å²) in [7, 11) is 0. The summed E-state index contributed by atoms with van der Waals surface area (Å²) in [5, 5.41) is 13.1. The number of nitrogens with zero attached hydrogens (tertiary/aromatic N) is 5. The lowest BCUT2D eigenvalue weighted by Crippen LogP contribution is -2.31. The van der Waals surface area contributed by atoms with Crippen LogP contribution in [0, 0.1) is 0 Å². The van der Waals surface area contributed by atoms with Crippen molar-refractivity contribution in [2.24, 2.45) is 0 Å². The molecule has 4 heterocycles. The van der Waals surface area contributed by atoms with Crippen LogP contribution in [0.1, 0.15) is 31.7 Å². The van der Waals surface area contributed by atoms with Crippen LogP contribution in [-0.2, 0) is 4.79 Å². The summed E-state index contributed by atoms with van der Waals surface area (Å²) in [5.74, 6) is 1.02.